The largest absolute Gasteiger partial charge is 0.457 e. The normalized spacial score (nSPS) is 10.2. The number of rotatable bonds is 7. The Bertz CT molecular complexity index is 803. The number of benzene rings is 2. The predicted molar refractivity (Wildman–Crippen MR) is 90.2 cm³/mol. The molecule has 130 valence electrons. The lowest BCUT2D eigenvalue weighted by atomic mass is 10.1. The summed E-state index contributed by atoms with van der Waals surface area (Å²) >= 11 is 5.75. The van der Waals surface area contributed by atoms with Crippen molar-refractivity contribution in [3.63, 3.8) is 0 Å². The first kappa shape index (κ1) is 18.4. The van der Waals surface area contributed by atoms with E-state index in [4.69, 9.17) is 21.1 Å². The average Bonchev–Trinajstić information content (AvgIpc) is 2.61. The molecule has 0 heterocycles. The van der Waals surface area contributed by atoms with Gasteiger partial charge in [-0.25, -0.2) is 0 Å². The number of carbonyl (C=O) groups is 2. The van der Waals surface area contributed by atoms with Crippen LogP contribution < -0.4 is 4.74 Å². The fourth-order valence-corrected chi connectivity index (χ4v) is 2.05. The highest BCUT2D eigenvalue weighted by molar-refractivity contribution is 6.30. The summed E-state index contributed by atoms with van der Waals surface area (Å²) in [4.78, 5) is 33.4. The van der Waals surface area contributed by atoms with Gasteiger partial charge in [0, 0.05) is 23.1 Å². The highest BCUT2D eigenvalue weighted by atomic mass is 35.5. The van der Waals surface area contributed by atoms with Gasteiger partial charge in [0.1, 0.15) is 5.75 Å². The smallest absolute Gasteiger partial charge is 0.313 e. The van der Waals surface area contributed by atoms with Gasteiger partial charge >= 0.3 is 11.7 Å². The molecular weight excluding hydrogens is 350 g/mol. The minimum atomic E-state index is -0.596. The van der Waals surface area contributed by atoms with Gasteiger partial charge in [-0.1, -0.05) is 18.5 Å². The zero-order valence-corrected chi connectivity index (χ0v) is 14.0. The Kier molecular flexibility index (Phi) is 6.08. The minimum Gasteiger partial charge on any atom is -0.457 e. The van der Waals surface area contributed by atoms with E-state index in [-0.39, 0.29) is 35.3 Å². The molecule has 0 unspecified atom stereocenters. The molecule has 7 nitrogen and oxygen atoms in total. The van der Waals surface area contributed by atoms with Crippen molar-refractivity contribution in [3.8, 4) is 11.5 Å². The standard InChI is InChI=1S/C17H14ClNO6/c1-2-17(21)24-10-15(20)11-3-6-13(7-4-11)25-16-8-5-12(18)9-14(16)19(22)23/h3-9H,2,10H2,1H3. The van der Waals surface area contributed by atoms with Crippen LogP contribution in [0.2, 0.25) is 5.02 Å². The van der Waals surface area contributed by atoms with Gasteiger partial charge in [0.15, 0.2) is 12.4 Å². The van der Waals surface area contributed by atoms with Crippen LogP contribution in [0.15, 0.2) is 42.5 Å². The number of carbonyl (C=O) groups excluding carboxylic acids is 2. The summed E-state index contributed by atoms with van der Waals surface area (Å²) in [5.41, 5.74) is 0.0704. The van der Waals surface area contributed by atoms with Crippen molar-refractivity contribution in [1.29, 1.82) is 0 Å². The van der Waals surface area contributed by atoms with Gasteiger partial charge in [-0.2, -0.15) is 0 Å². The summed E-state index contributed by atoms with van der Waals surface area (Å²) in [7, 11) is 0. The van der Waals surface area contributed by atoms with Crippen LogP contribution in [0.25, 0.3) is 0 Å². The van der Waals surface area contributed by atoms with Crippen LogP contribution in [0.5, 0.6) is 11.5 Å². The van der Waals surface area contributed by atoms with Crippen molar-refractivity contribution < 1.29 is 24.0 Å². The third-order valence-corrected chi connectivity index (χ3v) is 3.41. The minimum absolute atomic E-state index is 0.0327. The second-order valence-corrected chi connectivity index (χ2v) is 5.37. The maximum atomic E-state index is 11.9. The van der Waals surface area contributed by atoms with E-state index < -0.39 is 10.9 Å². The van der Waals surface area contributed by atoms with E-state index >= 15 is 0 Å². The van der Waals surface area contributed by atoms with Crippen molar-refractivity contribution in [3.05, 3.63) is 63.2 Å². The number of Topliss-reactive ketones (excluding diaryl/α,β-unsaturated/α-hetero) is 1. The molecule has 25 heavy (non-hydrogen) atoms. The third-order valence-electron chi connectivity index (χ3n) is 3.17. The van der Waals surface area contributed by atoms with Crippen LogP contribution in [0.3, 0.4) is 0 Å². The van der Waals surface area contributed by atoms with Crippen molar-refractivity contribution in [1.82, 2.24) is 0 Å². The number of hydrogen-bond donors (Lipinski definition) is 0. The van der Waals surface area contributed by atoms with Crippen molar-refractivity contribution in [2.24, 2.45) is 0 Å². The Hall–Kier alpha value is -2.93. The predicted octanol–water partition coefficient (Wildman–Crippen LogP) is 4.18. The SMILES string of the molecule is CCC(=O)OCC(=O)c1ccc(Oc2ccc(Cl)cc2[N+](=O)[O-])cc1. The summed E-state index contributed by atoms with van der Waals surface area (Å²) < 4.78 is 10.3. The van der Waals surface area contributed by atoms with Crippen LogP contribution >= 0.6 is 11.6 Å². The van der Waals surface area contributed by atoms with Gasteiger partial charge in [0.2, 0.25) is 5.75 Å². The van der Waals surface area contributed by atoms with Crippen LogP contribution in [-0.2, 0) is 9.53 Å². The topological polar surface area (TPSA) is 95.7 Å². The summed E-state index contributed by atoms with van der Waals surface area (Å²) in [6, 6.07) is 10.0. The molecule has 0 spiro atoms. The van der Waals surface area contributed by atoms with Gasteiger partial charge < -0.3 is 9.47 Å². The molecule has 0 fully saturated rings. The molecule has 2 aromatic carbocycles. The number of nitro benzene ring substituents is 1. The van der Waals surface area contributed by atoms with Crippen LogP contribution in [0, 0.1) is 10.1 Å². The molecule has 0 radical (unpaired) electrons. The fourth-order valence-electron chi connectivity index (χ4n) is 1.89. The molecule has 0 aliphatic rings. The van der Waals surface area contributed by atoms with E-state index in [0.717, 1.165) is 0 Å². The quantitative estimate of drug-likeness (QED) is 0.317. The maximum Gasteiger partial charge on any atom is 0.313 e. The second kappa shape index (κ2) is 8.25. The van der Waals surface area contributed by atoms with Crippen molar-refractivity contribution >= 4 is 29.0 Å². The molecule has 0 atom stereocenters. The molecule has 0 saturated carbocycles. The maximum absolute atomic E-state index is 11.9. The lowest BCUT2D eigenvalue weighted by Crippen LogP contribution is -2.13. The molecule has 0 saturated heterocycles. The summed E-state index contributed by atoms with van der Waals surface area (Å²) in [5.74, 6) is -0.466. The Morgan fingerprint density at radius 3 is 2.44 bits per heavy atom. The number of esters is 1. The van der Waals surface area contributed by atoms with E-state index in [2.05, 4.69) is 0 Å². The monoisotopic (exact) mass is 363 g/mol. The van der Waals surface area contributed by atoms with Gasteiger partial charge in [-0.15, -0.1) is 0 Å². The van der Waals surface area contributed by atoms with Crippen molar-refractivity contribution in [2.45, 2.75) is 13.3 Å². The van der Waals surface area contributed by atoms with E-state index in [1.54, 1.807) is 6.92 Å². The number of nitrogens with zero attached hydrogens (tertiary/aromatic N) is 1. The highest BCUT2D eigenvalue weighted by Crippen LogP contribution is 2.33. The first-order valence-electron chi connectivity index (χ1n) is 7.31. The number of nitro groups is 1. The highest BCUT2D eigenvalue weighted by Gasteiger charge is 2.17. The van der Waals surface area contributed by atoms with Gasteiger partial charge in [-0.05, 0) is 36.4 Å². The summed E-state index contributed by atoms with van der Waals surface area (Å²) in [5, 5.41) is 11.3. The molecule has 0 aromatic heterocycles. The van der Waals surface area contributed by atoms with Gasteiger partial charge in [0.05, 0.1) is 4.92 Å². The third kappa shape index (κ3) is 5.02. The Balaban J connectivity index is 2.09. The lowest BCUT2D eigenvalue weighted by molar-refractivity contribution is -0.385. The van der Waals surface area contributed by atoms with E-state index in [0.29, 0.717) is 11.3 Å². The first-order valence-corrected chi connectivity index (χ1v) is 7.69. The summed E-state index contributed by atoms with van der Waals surface area (Å²) in [6.45, 7) is 1.30. The number of halogens is 1. The first-order chi connectivity index (χ1) is 11.9. The Labute approximate surface area is 148 Å². The van der Waals surface area contributed by atoms with Crippen LogP contribution in [-0.4, -0.2) is 23.3 Å². The molecule has 2 aromatic rings. The zero-order valence-electron chi connectivity index (χ0n) is 13.2. The summed E-state index contributed by atoms with van der Waals surface area (Å²) in [6.07, 6.45) is 0.194. The molecular formula is C17H14ClNO6. The fraction of sp³-hybridized carbons (Fsp3) is 0.176. The molecule has 0 aliphatic carbocycles. The number of hydrogen-bond acceptors (Lipinski definition) is 6. The van der Waals surface area contributed by atoms with E-state index in [9.17, 15) is 19.7 Å². The van der Waals surface area contributed by atoms with Crippen LogP contribution in [0.4, 0.5) is 5.69 Å². The average molecular weight is 364 g/mol. The molecule has 0 N–H and O–H groups in total. The molecule has 0 aliphatic heterocycles. The van der Waals surface area contributed by atoms with Gasteiger partial charge in [-0.3, -0.25) is 19.7 Å². The lowest BCUT2D eigenvalue weighted by Gasteiger charge is -2.07. The Morgan fingerprint density at radius 1 is 1.16 bits per heavy atom. The van der Waals surface area contributed by atoms with Crippen molar-refractivity contribution in [2.75, 3.05) is 6.61 Å². The molecule has 8 heteroatoms. The molecule has 2 rings (SSSR count). The number of ketones is 1. The van der Waals surface area contributed by atoms with E-state index in [1.165, 1.54) is 42.5 Å². The second-order valence-electron chi connectivity index (χ2n) is 4.93. The number of ether oxygens (including phenoxy) is 2. The molecule has 0 bridgehead atoms. The molecule has 0 amide bonds. The van der Waals surface area contributed by atoms with E-state index in [1.807, 2.05) is 0 Å². The zero-order chi connectivity index (χ0) is 18.4. The van der Waals surface area contributed by atoms with Crippen LogP contribution in [0.1, 0.15) is 23.7 Å². The Morgan fingerprint density at radius 2 is 1.84 bits per heavy atom. The van der Waals surface area contributed by atoms with Gasteiger partial charge in [0.25, 0.3) is 0 Å².